The van der Waals surface area contributed by atoms with Gasteiger partial charge in [0.1, 0.15) is 0 Å². The molecule has 0 aromatic carbocycles. The van der Waals surface area contributed by atoms with Gasteiger partial charge < -0.3 is 5.11 Å². The van der Waals surface area contributed by atoms with Crippen LogP contribution in [-0.4, -0.2) is 26.3 Å². The van der Waals surface area contributed by atoms with Crippen molar-refractivity contribution in [3.63, 3.8) is 0 Å². The Labute approximate surface area is 75.7 Å². The van der Waals surface area contributed by atoms with Crippen molar-refractivity contribution in [1.82, 2.24) is 0 Å². The van der Waals surface area contributed by atoms with Gasteiger partial charge in [-0.2, -0.15) is 0 Å². The molecule has 65 valence electrons. The third-order valence-electron chi connectivity index (χ3n) is 0.994. The lowest BCUT2D eigenvalue weighted by atomic mass is 10.2. The van der Waals surface area contributed by atoms with E-state index in [1.165, 1.54) is 0 Å². The van der Waals surface area contributed by atoms with Crippen LogP contribution in [0.5, 0.6) is 0 Å². The van der Waals surface area contributed by atoms with E-state index in [1.54, 1.807) is 0 Å². The fraction of sp³-hybridized carbons (Fsp3) is 0.875. The molecule has 0 aliphatic carbocycles. The lowest BCUT2D eigenvalue weighted by Gasteiger charge is -1.89. The summed E-state index contributed by atoms with van der Waals surface area (Å²) in [6.45, 7) is 2.06. The highest BCUT2D eigenvalue weighted by Crippen LogP contribution is 1.97. The number of carbonyl (C=O) groups is 1. The van der Waals surface area contributed by atoms with Crippen molar-refractivity contribution in [2.75, 3.05) is 0 Å². The quantitative estimate of drug-likeness (QED) is 0.523. The summed E-state index contributed by atoms with van der Waals surface area (Å²) in [5.41, 5.74) is 0. The summed E-state index contributed by atoms with van der Waals surface area (Å²) >= 11 is 0.750. The summed E-state index contributed by atoms with van der Waals surface area (Å²) in [7, 11) is 0. The molecule has 0 saturated carbocycles. The number of unbranched alkanes of at least 4 members (excludes halogenated alkanes) is 2. The highest BCUT2D eigenvalue weighted by molar-refractivity contribution is 6.31. The molecule has 0 aromatic heterocycles. The van der Waals surface area contributed by atoms with Crippen molar-refractivity contribution < 1.29 is 9.90 Å². The molecule has 0 aliphatic rings. The highest BCUT2D eigenvalue weighted by Gasteiger charge is 1.92. The van der Waals surface area contributed by atoms with Gasteiger partial charge in [-0.15, -0.1) is 11.6 Å². The van der Waals surface area contributed by atoms with E-state index >= 15 is 0 Å². The first-order valence-corrected chi connectivity index (χ1v) is 6.45. The molecule has 3 heteroatoms. The van der Waals surface area contributed by atoms with Crippen LogP contribution in [0.2, 0.25) is 11.6 Å². The minimum absolute atomic E-state index is 0.327. The minimum atomic E-state index is -0.682. The van der Waals surface area contributed by atoms with E-state index in [4.69, 9.17) is 5.11 Å². The van der Waals surface area contributed by atoms with Crippen molar-refractivity contribution in [3.05, 3.63) is 0 Å². The van der Waals surface area contributed by atoms with Gasteiger partial charge in [0.05, 0.1) is 0 Å². The van der Waals surface area contributed by atoms with Gasteiger partial charge in [-0.3, -0.25) is 4.79 Å². The molecule has 1 N–H and O–H groups in total. The lowest BCUT2D eigenvalue weighted by molar-refractivity contribution is -0.137. The zero-order chi connectivity index (χ0) is 9.11. The lowest BCUT2D eigenvalue weighted by Crippen LogP contribution is -1.92. The van der Waals surface area contributed by atoms with Gasteiger partial charge in [0.25, 0.3) is 0 Å². The van der Waals surface area contributed by atoms with E-state index < -0.39 is 5.97 Å². The average molecular weight is 173 g/mol. The van der Waals surface area contributed by atoms with Gasteiger partial charge in [-0.05, 0) is 6.42 Å². The number of aliphatic carboxylic acids is 1. The molecule has 0 atom stereocenters. The van der Waals surface area contributed by atoms with Crippen molar-refractivity contribution in [3.8, 4) is 0 Å². The Kier molecular flexibility index (Phi) is 15.6. The molecule has 2 nitrogen and oxygen atoms in total. The van der Waals surface area contributed by atoms with Crippen LogP contribution in [0.15, 0.2) is 0 Å². The van der Waals surface area contributed by atoms with E-state index in [-0.39, 0.29) is 0 Å². The first-order chi connectivity index (χ1) is 5.18. The maximum Gasteiger partial charge on any atom is 0.303 e. The fourth-order valence-electron chi connectivity index (χ4n) is 0.526. The number of hydrogen-bond donors (Lipinski definition) is 1. The normalized spacial score (nSPS) is 7.91. The molecule has 0 spiro atoms. The molecule has 0 fully saturated rings. The van der Waals surface area contributed by atoms with E-state index in [0.717, 1.165) is 34.5 Å². The predicted octanol–water partition coefficient (Wildman–Crippen LogP) is 2.44. The van der Waals surface area contributed by atoms with Crippen LogP contribution in [0.25, 0.3) is 0 Å². The minimum Gasteiger partial charge on any atom is -0.481 e. The molecule has 0 bridgehead atoms. The predicted molar refractivity (Wildman–Crippen MR) is 49.3 cm³/mol. The van der Waals surface area contributed by atoms with E-state index in [2.05, 4.69) is 18.5 Å². The Morgan fingerprint density at radius 3 is 2.09 bits per heavy atom. The molecule has 0 rings (SSSR count). The third kappa shape index (κ3) is 25.6. The number of carboxylic acids is 1. The van der Waals surface area contributed by atoms with Gasteiger partial charge in [-0.1, -0.05) is 19.8 Å². The molecular formula is C8H18AlO2. The first-order valence-electron chi connectivity index (χ1n) is 4.14. The number of rotatable bonds is 4. The summed E-state index contributed by atoms with van der Waals surface area (Å²) in [6, 6.07) is 0. The van der Waals surface area contributed by atoms with Crippen LogP contribution in [0.3, 0.4) is 0 Å². The highest BCUT2D eigenvalue weighted by atomic mass is 27.1. The summed E-state index contributed by atoms with van der Waals surface area (Å²) in [4.78, 5) is 9.87. The van der Waals surface area contributed by atoms with Crippen molar-refractivity contribution in [1.29, 1.82) is 0 Å². The molecule has 1 radical (unpaired) electrons. The van der Waals surface area contributed by atoms with E-state index in [9.17, 15) is 4.79 Å². The SMILES string of the molecule is CCCCCC(=O)O.[CH3][Al][CH3]. The molecule has 0 unspecified atom stereocenters. The Bertz CT molecular complexity index is 84.2. The maximum absolute atomic E-state index is 9.87. The van der Waals surface area contributed by atoms with Crippen LogP contribution < -0.4 is 0 Å². The van der Waals surface area contributed by atoms with Gasteiger partial charge in [-0.25, -0.2) is 0 Å². The Morgan fingerprint density at radius 2 is 1.82 bits per heavy atom. The molecular weight excluding hydrogens is 155 g/mol. The van der Waals surface area contributed by atoms with Crippen molar-refractivity contribution in [2.24, 2.45) is 0 Å². The van der Waals surface area contributed by atoms with Crippen LogP contribution in [0.4, 0.5) is 0 Å². The van der Waals surface area contributed by atoms with Crippen molar-refractivity contribution >= 4 is 21.2 Å². The smallest absolute Gasteiger partial charge is 0.303 e. The monoisotopic (exact) mass is 173 g/mol. The molecule has 0 saturated heterocycles. The molecule has 0 aliphatic heterocycles. The summed E-state index contributed by atoms with van der Waals surface area (Å²) in [5, 5.41) is 8.14. The summed E-state index contributed by atoms with van der Waals surface area (Å²) in [5.74, 6) is 3.73. The largest absolute Gasteiger partial charge is 0.481 e. The van der Waals surface area contributed by atoms with E-state index in [1.807, 2.05) is 0 Å². The van der Waals surface area contributed by atoms with Gasteiger partial charge >= 0.3 is 5.97 Å². The topological polar surface area (TPSA) is 37.3 Å². The van der Waals surface area contributed by atoms with Crippen LogP contribution in [-0.2, 0) is 4.79 Å². The zero-order valence-electron chi connectivity index (χ0n) is 7.76. The fourth-order valence-corrected chi connectivity index (χ4v) is 0.526. The Balaban J connectivity index is 0. The van der Waals surface area contributed by atoms with Crippen LogP contribution >= 0.6 is 0 Å². The third-order valence-corrected chi connectivity index (χ3v) is 0.994. The van der Waals surface area contributed by atoms with Crippen molar-refractivity contribution in [2.45, 2.75) is 44.2 Å². The second-order valence-electron chi connectivity index (χ2n) is 2.43. The summed E-state index contributed by atoms with van der Waals surface area (Å²) < 4.78 is 0. The molecule has 0 amide bonds. The number of carboxylic acid groups (broad SMARTS) is 1. The van der Waals surface area contributed by atoms with Crippen LogP contribution in [0, 0.1) is 0 Å². The van der Waals surface area contributed by atoms with E-state index in [0.29, 0.717) is 6.42 Å². The second-order valence-corrected chi connectivity index (χ2v) is 3.58. The maximum atomic E-state index is 9.87. The van der Waals surface area contributed by atoms with Crippen LogP contribution in [0.1, 0.15) is 32.6 Å². The summed E-state index contributed by atoms with van der Waals surface area (Å²) in [6.07, 6.45) is 3.28. The first kappa shape index (κ1) is 13.6. The van der Waals surface area contributed by atoms with Gasteiger partial charge in [0.2, 0.25) is 0 Å². The molecule has 0 aromatic rings. The average Bonchev–Trinajstić information content (AvgIpc) is 1.89. The second kappa shape index (κ2) is 12.7. The Morgan fingerprint density at radius 1 is 1.36 bits per heavy atom. The van der Waals surface area contributed by atoms with Gasteiger partial charge in [0, 0.05) is 6.42 Å². The zero-order valence-corrected chi connectivity index (χ0v) is 8.92. The molecule has 0 heterocycles. The standard InChI is InChI=1S/C6H12O2.2CH3.Al/c1-2-3-4-5-6(7)8;;;/h2-5H2,1H3,(H,7,8);2*1H3;. The Hall–Kier alpha value is 0.00247. The van der Waals surface area contributed by atoms with Gasteiger partial charge in [0.15, 0.2) is 15.2 Å². The number of hydrogen-bond acceptors (Lipinski definition) is 1. The molecule has 11 heavy (non-hydrogen) atoms.